The molecule has 1 saturated carbocycles. The third kappa shape index (κ3) is 2.69. The highest BCUT2D eigenvalue weighted by Crippen LogP contribution is 2.57. The molecule has 0 bridgehead atoms. The molecular weight excluding hydrogens is 387 g/mol. The zero-order valence-electron chi connectivity index (χ0n) is 13.1. The maximum absolute atomic E-state index is 13.6. The molecule has 1 heterocycles. The van der Waals surface area contributed by atoms with Crippen LogP contribution < -0.4 is 11.1 Å². The molecule has 3 rings (SSSR count). The van der Waals surface area contributed by atoms with Gasteiger partial charge in [-0.05, 0) is 47.0 Å². The zero-order valence-corrected chi connectivity index (χ0v) is 15.5. The summed E-state index contributed by atoms with van der Waals surface area (Å²) in [6.07, 6.45) is 1.81. The molecule has 1 aromatic carbocycles. The normalized spacial score (nSPS) is 31.3. The van der Waals surface area contributed by atoms with Crippen molar-refractivity contribution in [1.29, 1.82) is 0 Å². The topological polar surface area (TPSA) is 64.3 Å². The van der Waals surface area contributed by atoms with Gasteiger partial charge in [0.2, 0.25) is 5.91 Å². The van der Waals surface area contributed by atoms with Crippen LogP contribution in [0.2, 0.25) is 0 Å². The summed E-state index contributed by atoms with van der Waals surface area (Å²) in [5.74, 6) is -0.682. The summed E-state index contributed by atoms with van der Waals surface area (Å²) in [5.41, 5.74) is 5.46. The van der Waals surface area contributed by atoms with Crippen molar-refractivity contribution >= 4 is 39.9 Å². The molecule has 1 aliphatic carbocycles. The van der Waals surface area contributed by atoms with Gasteiger partial charge in [-0.15, -0.1) is 12.4 Å². The molecule has 1 saturated heterocycles. The molecule has 7 heteroatoms. The van der Waals surface area contributed by atoms with Crippen LogP contribution in [0.4, 0.5) is 10.1 Å². The molecule has 4 nitrogen and oxygen atoms in total. The molecule has 3 atom stereocenters. The van der Waals surface area contributed by atoms with Crippen molar-refractivity contribution in [3.8, 4) is 0 Å². The number of amides is 1. The van der Waals surface area contributed by atoms with Gasteiger partial charge in [-0.2, -0.15) is 0 Å². The fourth-order valence-electron chi connectivity index (χ4n) is 3.85. The molecule has 1 amide bonds. The Kier molecular flexibility index (Phi) is 5.12. The molecule has 3 N–H and O–H groups in total. The van der Waals surface area contributed by atoms with Crippen molar-refractivity contribution in [2.24, 2.45) is 17.1 Å². The lowest BCUT2D eigenvalue weighted by molar-refractivity contribution is -0.222. The van der Waals surface area contributed by atoms with Crippen molar-refractivity contribution < 1.29 is 13.9 Å². The van der Waals surface area contributed by atoms with E-state index < -0.39 is 16.8 Å². The standard InChI is InChI=1S/C16H20BrFN2O2.ClH/c1-15(2)13-10(4-3-7-22-13)16(15,19)14(21)20-9-5-6-11(17)12(18)8-9;/h5-6,8,10,13H,3-4,7,19H2,1-2H3,(H,20,21);1H. The van der Waals surface area contributed by atoms with Crippen LogP contribution in [0.5, 0.6) is 0 Å². The van der Waals surface area contributed by atoms with E-state index in [-0.39, 0.29) is 30.3 Å². The van der Waals surface area contributed by atoms with Crippen LogP contribution in [-0.2, 0) is 9.53 Å². The van der Waals surface area contributed by atoms with E-state index in [0.717, 1.165) is 19.4 Å². The number of nitrogens with one attached hydrogen (secondary N) is 1. The van der Waals surface area contributed by atoms with E-state index in [1.54, 1.807) is 12.1 Å². The highest BCUT2D eigenvalue weighted by atomic mass is 79.9. The summed E-state index contributed by atoms with van der Waals surface area (Å²) in [7, 11) is 0. The Bertz CT molecular complexity index is 628. The van der Waals surface area contributed by atoms with Crippen molar-refractivity contribution in [2.75, 3.05) is 11.9 Å². The number of fused-ring (bicyclic) bond motifs is 1. The lowest BCUT2D eigenvalue weighted by atomic mass is 9.46. The summed E-state index contributed by atoms with van der Waals surface area (Å²) < 4.78 is 19.7. The first-order chi connectivity index (χ1) is 10.3. The Morgan fingerprint density at radius 1 is 1.48 bits per heavy atom. The Morgan fingerprint density at radius 3 is 2.83 bits per heavy atom. The molecule has 0 spiro atoms. The summed E-state index contributed by atoms with van der Waals surface area (Å²) in [6, 6.07) is 4.49. The van der Waals surface area contributed by atoms with E-state index in [4.69, 9.17) is 10.5 Å². The number of benzene rings is 1. The van der Waals surface area contributed by atoms with Gasteiger partial charge in [-0.3, -0.25) is 4.79 Å². The van der Waals surface area contributed by atoms with E-state index in [1.165, 1.54) is 6.07 Å². The first kappa shape index (κ1) is 18.6. The summed E-state index contributed by atoms with van der Waals surface area (Å²) in [4.78, 5) is 12.8. The largest absolute Gasteiger partial charge is 0.377 e. The number of carbonyl (C=O) groups is 1. The Labute approximate surface area is 149 Å². The van der Waals surface area contributed by atoms with Crippen molar-refractivity contribution in [1.82, 2.24) is 0 Å². The molecule has 3 unspecified atom stereocenters. The SMILES string of the molecule is CC1(C)C2OCCCC2C1(N)C(=O)Nc1ccc(Br)c(F)c1.Cl. The van der Waals surface area contributed by atoms with Gasteiger partial charge in [-0.1, -0.05) is 13.8 Å². The monoisotopic (exact) mass is 406 g/mol. The van der Waals surface area contributed by atoms with Gasteiger partial charge in [0.15, 0.2) is 0 Å². The van der Waals surface area contributed by atoms with Gasteiger partial charge >= 0.3 is 0 Å². The molecule has 2 aliphatic rings. The minimum atomic E-state index is -0.998. The van der Waals surface area contributed by atoms with E-state index in [2.05, 4.69) is 21.2 Å². The zero-order chi connectivity index (χ0) is 16.1. The van der Waals surface area contributed by atoms with Crippen molar-refractivity contribution in [3.05, 3.63) is 28.5 Å². The van der Waals surface area contributed by atoms with Crippen molar-refractivity contribution in [2.45, 2.75) is 38.3 Å². The number of halogens is 3. The fourth-order valence-corrected chi connectivity index (χ4v) is 4.09. The van der Waals surface area contributed by atoms with Crippen LogP contribution in [0, 0.1) is 17.2 Å². The predicted molar refractivity (Wildman–Crippen MR) is 93.1 cm³/mol. The van der Waals surface area contributed by atoms with Gasteiger partial charge in [0.05, 0.1) is 10.6 Å². The first-order valence-electron chi connectivity index (χ1n) is 7.45. The second-order valence-electron chi connectivity index (χ2n) is 6.71. The van der Waals surface area contributed by atoms with E-state index in [0.29, 0.717) is 10.2 Å². The van der Waals surface area contributed by atoms with Crippen LogP contribution in [0.25, 0.3) is 0 Å². The number of ether oxygens (including phenoxy) is 1. The van der Waals surface area contributed by atoms with Crippen LogP contribution >= 0.6 is 28.3 Å². The fraction of sp³-hybridized carbons (Fsp3) is 0.562. The molecule has 1 aromatic rings. The minimum absolute atomic E-state index is 0. The average molecular weight is 408 g/mol. The lowest BCUT2D eigenvalue weighted by Crippen LogP contribution is -2.81. The van der Waals surface area contributed by atoms with E-state index in [9.17, 15) is 9.18 Å². The second-order valence-corrected chi connectivity index (χ2v) is 7.57. The van der Waals surface area contributed by atoms with E-state index >= 15 is 0 Å². The molecular formula is C16H21BrClFN2O2. The molecule has 128 valence electrons. The molecule has 0 radical (unpaired) electrons. The third-order valence-corrected chi connectivity index (χ3v) is 5.88. The second kappa shape index (κ2) is 6.31. The predicted octanol–water partition coefficient (Wildman–Crippen LogP) is 3.48. The van der Waals surface area contributed by atoms with Gasteiger partial charge in [0, 0.05) is 23.6 Å². The lowest BCUT2D eigenvalue weighted by Gasteiger charge is -2.65. The number of carbonyl (C=O) groups excluding carboxylic acids is 1. The summed E-state index contributed by atoms with van der Waals surface area (Å²) in [6.45, 7) is 4.64. The Morgan fingerprint density at radius 2 is 2.17 bits per heavy atom. The summed E-state index contributed by atoms with van der Waals surface area (Å²) in [5, 5.41) is 2.76. The number of nitrogens with two attached hydrogens (primary N) is 1. The van der Waals surface area contributed by atoms with E-state index in [1.807, 2.05) is 13.8 Å². The van der Waals surface area contributed by atoms with Crippen LogP contribution in [0.1, 0.15) is 26.7 Å². The Balaban J connectivity index is 0.00000192. The van der Waals surface area contributed by atoms with Gasteiger partial charge in [-0.25, -0.2) is 4.39 Å². The van der Waals surface area contributed by atoms with Gasteiger partial charge in [0.25, 0.3) is 0 Å². The molecule has 0 aromatic heterocycles. The molecule has 23 heavy (non-hydrogen) atoms. The molecule has 2 fully saturated rings. The van der Waals surface area contributed by atoms with Crippen molar-refractivity contribution in [3.63, 3.8) is 0 Å². The maximum Gasteiger partial charge on any atom is 0.245 e. The third-order valence-electron chi connectivity index (χ3n) is 5.24. The average Bonchev–Trinajstić information content (AvgIpc) is 2.50. The quantitative estimate of drug-likeness (QED) is 0.789. The minimum Gasteiger partial charge on any atom is -0.377 e. The van der Waals surface area contributed by atoms with Gasteiger partial charge in [0.1, 0.15) is 11.4 Å². The smallest absolute Gasteiger partial charge is 0.245 e. The van der Waals surface area contributed by atoms with Crippen LogP contribution in [-0.4, -0.2) is 24.2 Å². The number of anilines is 1. The molecule has 1 aliphatic heterocycles. The maximum atomic E-state index is 13.6. The van der Waals surface area contributed by atoms with Crippen LogP contribution in [0.3, 0.4) is 0 Å². The summed E-state index contributed by atoms with van der Waals surface area (Å²) >= 11 is 3.09. The first-order valence-corrected chi connectivity index (χ1v) is 8.25. The van der Waals surface area contributed by atoms with Gasteiger partial charge < -0.3 is 15.8 Å². The highest BCUT2D eigenvalue weighted by molar-refractivity contribution is 9.10. The Hall–Kier alpha value is -0.690. The highest BCUT2D eigenvalue weighted by Gasteiger charge is 2.70. The number of hydrogen-bond donors (Lipinski definition) is 2. The number of hydrogen-bond acceptors (Lipinski definition) is 3. The van der Waals surface area contributed by atoms with Crippen LogP contribution in [0.15, 0.2) is 22.7 Å². The number of rotatable bonds is 2.